The van der Waals surface area contributed by atoms with Gasteiger partial charge in [-0.2, -0.15) is 0 Å². The Labute approximate surface area is 149 Å². The van der Waals surface area contributed by atoms with Gasteiger partial charge in [-0.1, -0.05) is 24.3 Å². The Morgan fingerprint density at radius 3 is 2.96 bits per heavy atom. The predicted octanol–water partition coefficient (Wildman–Crippen LogP) is 2.84. The van der Waals surface area contributed by atoms with Crippen LogP contribution in [0, 0.1) is 5.82 Å². The van der Waals surface area contributed by atoms with Gasteiger partial charge in [-0.25, -0.2) is 14.4 Å². The first kappa shape index (κ1) is 15.3. The van der Waals surface area contributed by atoms with E-state index < -0.39 is 0 Å². The van der Waals surface area contributed by atoms with Crippen molar-refractivity contribution in [3.05, 3.63) is 70.8 Å². The normalized spacial score (nSPS) is 14.0. The van der Waals surface area contributed by atoms with Crippen LogP contribution in [0.2, 0.25) is 0 Å². The molecule has 26 heavy (non-hydrogen) atoms. The smallest absolute Gasteiger partial charge is 0.206 e. The number of rotatable bonds is 2. The summed E-state index contributed by atoms with van der Waals surface area (Å²) in [6.45, 7) is 1.91. The Bertz CT molecular complexity index is 1150. The van der Waals surface area contributed by atoms with E-state index >= 15 is 0 Å². The number of fused-ring (bicyclic) bond motifs is 4. The Balaban J connectivity index is 1.64. The van der Waals surface area contributed by atoms with E-state index in [1.54, 1.807) is 10.5 Å². The summed E-state index contributed by atoms with van der Waals surface area (Å²) in [4.78, 5) is 8.96. The number of nitrogen functional groups attached to an aromatic ring is 1. The number of nitrogens with one attached hydrogen (secondary N) is 1. The summed E-state index contributed by atoms with van der Waals surface area (Å²) in [5, 5.41) is 4.08. The largest absolute Gasteiger partial charge is 0.369 e. The van der Waals surface area contributed by atoms with Crippen molar-refractivity contribution in [3.8, 4) is 0 Å². The lowest BCUT2D eigenvalue weighted by molar-refractivity contribution is 0.636. The highest BCUT2D eigenvalue weighted by atomic mass is 19.1. The quantitative estimate of drug-likeness (QED) is 0.585. The Hall–Kier alpha value is -2.99. The number of imidazole rings is 1. The predicted molar refractivity (Wildman–Crippen MR) is 99.5 cm³/mol. The first-order valence-corrected chi connectivity index (χ1v) is 8.73. The van der Waals surface area contributed by atoms with Crippen LogP contribution in [0.3, 0.4) is 0 Å². The number of nitrogens with two attached hydrogens (primary N) is 1. The van der Waals surface area contributed by atoms with Gasteiger partial charge in [-0.3, -0.25) is 4.40 Å². The molecular formula is C20H18FN5. The van der Waals surface area contributed by atoms with E-state index in [4.69, 9.17) is 10.7 Å². The van der Waals surface area contributed by atoms with Crippen LogP contribution in [0.4, 0.5) is 10.3 Å². The van der Waals surface area contributed by atoms with Crippen molar-refractivity contribution in [2.45, 2.75) is 19.4 Å². The summed E-state index contributed by atoms with van der Waals surface area (Å²) in [6.07, 6.45) is 3.65. The molecule has 5 nitrogen and oxygen atoms in total. The zero-order valence-corrected chi connectivity index (χ0v) is 14.2. The van der Waals surface area contributed by atoms with Gasteiger partial charge >= 0.3 is 0 Å². The van der Waals surface area contributed by atoms with Crippen LogP contribution >= 0.6 is 0 Å². The molecule has 0 saturated heterocycles. The molecule has 0 fully saturated rings. The lowest BCUT2D eigenvalue weighted by atomic mass is 9.93. The van der Waals surface area contributed by atoms with Gasteiger partial charge in [0.2, 0.25) is 5.95 Å². The molecule has 0 radical (unpaired) electrons. The molecule has 2 aromatic heterocycles. The molecule has 1 aliphatic rings. The van der Waals surface area contributed by atoms with Crippen molar-refractivity contribution in [2.75, 3.05) is 12.3 Å². The molecule has 0 amide bonds. The first-order valence-electron chi connectivity index (χ1n) is 8.73. The molecule has 3 heterocycles. The number of hydrogen-bond donors (Lipinski definition) is 2. The second kappa shape index (κ2) is 5.78. The Kier molecular flexibility index (Phi) is 3.39. The van der Waals surface area contributed by atoms with Crippen molar-refractivity contribution in [1.29, 1.82) is 0 Å². The van der Waals surface area contributed by atoms with Crippen LogP contribution in [-0.4, -0.2) is 20.9 Å². The number of benzene rings is 2. The zero-order chi connectivity index (χ0) is 17.7. The van der Waals surface area contributed by atoms with Gasteiger partial charge in [0.1, 0.15) is 17.0 Å². The minimum absolute atomic E-state index is 0.246. The molecule has 0 aliphatic carbocycles. The van der Waals surface area contributed by atoms with E-state index in [2.05, 4.69) is 28.5 Å². The van der Waals surface area contributed by atoms with Crippen molar-refractivity contribution in [3.63, 3.8) is 0 Å². The topological polar surface area (TPSA) is 68.2 Å². The summed E-state index contributed by atoms with van der Waals surface area (Å²) in [5.74, 6) is -0.137. The third-order valence-corrected chi connectivity index (χ3v) is 5.07. The van der Waals surface area contributed by atoms with Gasteiger partial charge in [0.15, 0.2) is 0 Å². The maximum atomic E-state index is 14.1. The van der Waals surface area contributed by atoms with Crippen LogP contribution in [0.1, 0.15) is 22.4 Å². The van der Waals surface area contributed by atoms with E-state index in [9.17, 15) is 4.39 Å². The number of para-hydroxylation sites is 1. The molecule has 0 spiro atoms. The molecule has 1 aliphatic heterocycles. The monoisotopic (exact) mass is 347 g/mol. The fraction of sp³-hybridized carbons (Fsp3) is 0.200. The average molecular weight is 347 g/mol. The number of hydrogen-bond acceptors (Lipinski definition) is 4. The molecule has 0 atom stereocenters. The molecule has 0 saturated carbocycles. The maximum absolute atomic E-state index is 14.1. The highest BCUT2D eigenvalue weighted by Gasteiger charge is 2.16. The third-order valence-electron chi connectivity index (χ3n) is 5.07. The summed E-state index contributed by atoms with van der Waals surface area (Å²) in [7, 11) is 0. The van der Waals surface area contributed by atoms with E-state index in [-0.39, 0.29) is 17.3 Å². The molecule has 6 heteroatoms. The number of halogens is 1. The fourth-order valence-corrected chi connectivity index (χ4v) is 3.83. The Morgan fingerprint density at radius 2 is 2.04 bits per heavy atom. The van der Waals surface area contributed by atoms with Gasteiger partial charge in [0.05, 0.1) is 5.69 Å². The van der Waals surface area contributed by atoms with Crippen LogP contribution in [-0.2, 0) is 19.4 Å². The van der Waals surface area contributed by atoms with Gasteiger partial charge in [0.25, 0.3) is 0 Å². The Morgan fingerprint density at radius 1 is 1.15 bits per heavy atom. The van der Waals surface area contributed by atoms with Gasteiger partial charge in [-0.15, -0.1) is 0 Å². The molecule has 0 bridgehead atoms. The van der Waals surface area contributed by atoms with Crippen molar-refractivity contribution in [1.82, 2.24) is 19.7 Å². The minimum Gasteiger partial charge on any atom is -0.369 e. The first-order chi connectivity index (χ1) is 12.7. The number of anilines is 1. The molecular weight excluding hydrogens is 329 g/mol. The molecule has 0 unspecified atom stereocenters. The van der Waals surface area contributed by atoms with Gasteiger partial charge in [-0.05, 0) is 41.8 Å². The number of nitrogens with zero attached hydrogens (tertiary/aromatic N) is 3. The fourth-order valence-electron chi connectivity index (χ4n) is 3.83. The molecule has 5 rings (SSSR count). The lowest BCUT2D eigenvalue weighted by Crippen LogP contribution is -2.24. The SMILES string of the molecule is Nc1nc2c(F)cccc2c2nc(Cc3cccc4c3CCNC4)cn12. The molecule has 130 valence electrons. The molecule has 3 N–H and O–H groups in total. The van der Waals surface area contributed by atoms with E-state index in [0.717, 1.165) is 31.6 Å². The number of aromatic nitrogens is 3. The van der Waals surface area contributed by atoms with Crippen LogP contribution in [0.5, 0.6) is 0 Å². The van der Waals surface area contributed by atoms with Crippen molar-refractivity contribution in [2.24, 2.45) is 0 Å². The van der Waals surface area contributed by atoms with Crippen LogP contribution in [0.15, 0.2) is 42.6 Å². The second-order valence-electron chi connectivity index (χ2n) is 6.69. The molecule has 2 aromatic carbocycles. The summed E-state index contributed by atoms with van der Waals surface area (Å²) >= 11 is 0. The van der Waals surface area contributed by atoms with Gasteiger partial charge < -0.3 is 11.1 Å². The molecule has 4 aromatic rings. The lowest BCUT2D eigenvalue weighted by Gasteiger charge is -2.20. The summed E-state index contributed by atoms with van der Waals surface area (Å²) in [6, 6.07) is 11.3. The van der Waals surface area contributed by atoms with Crippen molar-refractivity contribution < 1.29 is 4.39 Å². The van der Waals surface area contributed by atoms with Gasteiger partial charge in [0, 0.05) is 24.5 Å². The van der Waals surface area contributed by atoms with E-state index in [0.29, 0.717) is 11.0 Å². The highest BCUT2D eigenvalue weighted by Crippen LogP contribution is 2.25. The van der Waals surface area contributed by atoms with E-state index in [1.165, 1.54) is 22.8 Å². The van der Waals surface area contributed by atoms with Crippen LogP contribution < -0.4 is 11.1 Å². The summed E-state index contributed by atoms with van der Waals surface area (Å²) < 4.78 is 15.8. The maximum Gasteiger partial charge on any atom is 0.206 e. The van der Waals surface area contributed by atoms with Crippen LogP contribution in [0.25, 0.3) is 16.6 Å². The third kappa shape index (κ3) is 2.34. The summed E-state index contributed by atoms with van der Waals surface area (Å²) in [5.41, 5.74) is 11.9. The average Bonchev–Trinajstić information content (AvgIpc) is 3.08. The highest BCUT2D eigenvalue weighted by molar-refractivity contribution is 5.92. The standard InChI is InChI=1S/C20H18FN5/c21-17-6-2-5-16-18(17)25-20(22)26-11-14(24-19(16)26)9-12-3-1-4-13-10-23-8-7-15(12)13/h1-6,11,23H,7-10H2,(H2,22,25). The zero-order valence-electron chi connectivity index (χ0n) is 14.2. The van der Waals surface area contributed by atoms with Crippen molar-refractivity contribution >= 4 is 22.5 Å². The van der Waals surface area contributed by atoms with E-state index in [1.807, 2.05) is 12.3 Å². The second-order valence-corrected chi connectivity index (χ2v) is 6.69. The minimum atomic E-state index is -0.383.